The van der Waals surface area contributed by atoms with Gasteiger partial charge in [0.05, 0.1) is 13.2 Å². The largest absolute Gasteiger partial charge is 0.472 e. The number of unbranched alkanes of at least 4 members (excludes halogenated alkanes) is 23. The monoisotopic (exact) mass is 809 g/mol. The summed E-state index contributed by atoms with van der Waals surface area (Å²) >= 11 is 0. The molecule has 6 N–H and O–H groups in total. The third-order valence-electron chi connectivity index (χ3n) is 10.4. The predicted molar refractivity (Wildman–Crippen MR) is 217 cm³/mol. The lowest BCUT2D eigenvalue weighted by Gasteiger charge is -2.41. The van der Waals surface area contributed by atoms with E-state index in [2.05, 4.69) is 26.0 Å². The number of rotatable bonds is 37. The number of aliphatic hydroxyl groups excluding tert-OH is 5. The van der Waals surface area contributed by atoms with Crippen LogP contribution < -0.4 is 0 Å². The van der Waals surface area contributed by atoms with Gasteiger partial charge in [-0.1, -0.05) is 154 Å². The van der Waals surface area contributed by atoms with Gasteiger partial charge in [0.1, 0.15) is 42.7 Å². The van der Waals surface area contributed by atoms with Crippen LogP contribution in [0.3, 0.4) is 0 Å². The number of phosphoric ester groups is 1. The van der Waals surface area contributed by atoms with E-state index in [0.717, 1.165) is 57.8 Å². The molecule has 0 spiro atoms. The van der Waals surface area contributed by atoms with E-state index in [0.29, 0.717) is 13.0 Å². The van der Waals surface area contributed by atoms with E-state index >= 15 is 0 Å². The lowest BCUT2D eigenvalue weighted by molar-refractivity contribution is -0.220. The summed E-state index contributed by atoms with van der Waals surface area (Å²) in [4.78, 5) is 23.1. The molecule has 1 fully saturated rings. The highest BCUT2D eigenvalue weighted by Gasteiger charge is 2.51. The second-order valence-electron chi connectivity index (χ2n) is 15.6. The maximum absolute atomic E-state index is 12.8. The highest BCUT2D eigenvalue weighted by Crippen LogP contribution is 2.47. The number of ether oxygens (including phenoxy) is 2. The molecule has 12 nitrogen and oxygen atoms in total. The van der Waals surface area contributed by atoms with Crippen molar-refractivity contribution in [2.24, 2.45) is 0 Å². The molecule has 1 aliphatic rings. The molecular formula is C42H81O12P. The van der Waals surface area contributed by atoms with Gasteiger partial charge in [-0.15, -0.1) is 0 Å². The van der Waals surface area contributed by atoms with E-state index < -0.39 is 63.1 Å². The van der Waals surface area contributed by atoms with Crippen LogP contribution in [-0.2, 0) is 27.9 Å². The van der Waals surface area contributed by atoms with Gasteiger partial charge in [-0.2, -0.15) is 0 Å². The lowest BCUT2D eigenvalue weighted by atomic mass is 9.85. The first kappa shape index (κ1) is 52.1. The van der Waals surface area contributed by atoms with Crippen LogP contribution in [0.1, 0.15) is 187 Å². The topological polar surface area (TPSA) is 192 Å². The van der Waals surface area contributed by atoms with E-state index in [-0.39, 0.29) is 13.0 Å². The maximum atomic E-state index is 12.8. The zero-order valence-corrected chi connectivity index (χ0v) is 35.4. The van der Waals surface area contributed by atoms with Gasteiger partial charge in [-0.05, 0) is 38.5 Å². The van der Waals surface area contributed by atoms with Crippen molar-refractivity contribution in [1.29, 1.82) is 0 Å². The summed E-state index contributed by atoms with van der Waals surface area (Å²) < 4.78 is 34.1. The summed E-state index contributed by atoms with van der Waals surface area (Å²) in [6, 6.07) is 0. The molecule has 8 atom stereocenters. The molecule has 0 heterocycles. The van der Waals surface area contributed by atoms with Crippen molar-refractivity contribution in [1.82, 2.24) is 0 Å². The predicted octanol–water partition coefficient (Wildman–Crippen LogP) is 8.36. The molecule has 1 aliphatic carbocycles. The fraction of sp³-hybridized carbons (Fsp3) is 0.929. The Morgan fingerprint density at radius 1 is 0.564 bits per heavy atom. The van der Waals surface area contributed by atoms with E-state index in [1.807, 2.05) is 0 Å². The molecule has 0 saturated heterocycles. The summed E-state index contributed by atoms with van der Waals surface area (Å²) in [6.07, 6.45) is 22.8. The number of carbonyl (C=O) groups excluding carboxylic acids is 1. The molecule has 0 amide bonds. The standard InChI is InChI=1S/C42H81O12P/c1-3-5-7-9-11-13-15-17-18-19-20-22-24-26-28-30-32-51-33-35(53-36(43)31-29-27-25-23-21-16-14-12-10-8-6-4-2)34-52-55(49,50)54-42-40(47)38(45)37(44)39(46)41(42)48/h12,14,35,37-42,44-48H,3-11,13,15-34H2,1-2H3,(H,49,50)/b14-12-/t35-,37?,38-,39?,40?,41?,42?/m1/s1. The van der Waals surface area contributed by atoms with Crippen LogP contribution in [0.2, 0.25) is 0 Å². The number of aliphatic hydroxyl groups is 5. The molecule has 0 radical (unpaired) electrons. The Bertz CT molecular complexity index is 968. The molecule has 0 aromatic rings. The molecule has 0 aromatic heterocycles. The minimum absolute atomic E-state index is 0.0747. The Hall–Kier alpha value is -0.920. The molecule has 1 rings (SSSR count). The van der Waals surface area contributed by atoms with Crippen LogP contribution in [-0.4, -0.2) is 98.9 Å². The summed E-state index contributed by atoms with van der Waals surface area (Å²) in [7, 11) is -5.01. The van der Waals surface area contributed by atoms with Gasteiger partial charge >= 0.3 is 13.8 Å². The molecule has 6 unspecified atom stereocenters. The Morgan fingerprint density at radius 2 is 0.964 bits per heavy atom. The smallest absolute Gasteiger partial charge is 0.457 e. The first-order valence-corrected chi connectivity index (χ1v) is 23.5. The fourth-order valence-electron chi connectivity index (χ4n) is 6.82. The van der Waals surface area contributed by atoms with Crippen molar-refractivity contribution < 1.29 is 58.3 Å². The van der Waals surface area contributed by atoms with Crippen LogP contribution >= 0.6 is 7.82 Å². The number of phosphoric acid groups is 1. The van der Waals surface area contributed by atoms with Crippen LogP contribution in [0.25, 0.3) is 0 Å². The zero-order chi connectivity index (χ0) is 40.6. The zero-order valence-electron chi connectivity index (χ0n) is 34.5. The molecule has 326 valence electrons. The Labute approximate surface area is 333 Å². The van der Waals surface area contributed by atoms with Gasteiger partial charge < -0.3 is 39.9 Å². The SMILES string of the molecule is CCCCC/C=C\CCCCCCCC(=O)O[C@H](COCCCCCCCCCCCCCCCCCC)COP(=O)(O)OC1C(O)C(O)C(O)[C@@H](O)C1O. The lowest BCUT2D eigenvalue weighted by Crippen LogP contribution is -2.64. The summed E-state index contributed by atoms with van der Waals surface area (Å²) in [5.74, 6) is -0.485. The number of allylic oxidation sites excluding steroid dienone is 2. The maximum Gasteiger partial charge on any atom is 0.472 e. The van der Waals surface area contributed by atoms with Crippen molar-refractivity contribution in [3.8, 4) is 0 Å². The minimum Gasteiger partial charge on any atom is -0.457 e. The molecule has 55 heavy (non-hydrogen) atoms. The number of esters is 1. The van der Waals surface area contributed by atoms with Crippen LogP contribution in [0, 0.1) is 0 Å². The Balaban J connectivity index is 2.40. The first-order valence-electron chi connectivity index (χ1n) is 22.0. The van der Waals surface area contributed by atoms with Gasteiger partial charge in [0, 0.05) is 13.0 Å². The van der Waals surface area contributed by atoms with Crippen molar-refractivity contribution >= 4 is 13.8 Å². The van der Waals surface area contributed by atoms with Gasteiger partial charge in [-0.3, -0.25) is 13.8 Å². The number of hydrogen-bond acceptors (Lipinski definition) is 11. The van der Waals surface area contributed by atoms with Crippen molar-refractivity contribution in [3.05, 3.63) is 12.2 Å². The Morgan fingerprint density at radius 3 is 1.47 bits per heavy atom. The third-order valence-corrected chi connectivity index (χ3v) is 11.4. The van der Waals surface area contributed by atoms with E-state index in [4.69, 9.17) is 18.5 Å². The second kappa shape index (κ2) is 34.0. The molecule has 0 aromatic carbocycles. The van der Waals surface area contributed by atoms with E-state index in [1.165, 1.54) is 103 Å². The molecule has 13 heteroatoms. The van der Waals surface area contributed by atoms with Crippen molar-refractivity contribution in [2.75, 3.05) is 19.8 Å². The fourth-order valence-corrected chi connectivity index (χ4v) is 7.79. The van der Waals surface area contributed by atoms with Crippen molar-refractivity contribution in [3.63, 3.8) is 0 Å². The number of hydrogen-bond donors (Lipinski definition) is 6. The average Bonchev–Trinajstić information content (AvgIpc) is 3.17. The first-order chi connectivity index (χ1) is 26.5. The quantitative estimate of drug-likeness (QED) is 0.0152. The molecule has 1 saturated carbocycles. The molecule has 0 bridgehead atoms. The second-order valence-corrected chi connectivity index (χ2v) is 17.0. The van der Waals surface area contributed by atoms with Gasteiger partial charge in [0.15, 0.2) is 0 Å². The van der Waals surface area contributed by atoms with Gasteiger partial charge in [0.2, 0.25) is 0 Å². The average molecular weight is 809 g/mol. The molecular weight excluding hydrogens is 727 g/mol. The van der Waals surface area contributed by atoms with E-state index in [1.54, 1.807) is 0 Å². The highest BCUT2D eigenvalue weighted by atomic mass is 31.2. The van der Waals surface area contributed by atoms with E-state index in [9.17, 15) is 39.8 Å². The Kier molecular flexibility index (Phi) is 32.2. The summed E-state index contributed by atoms with van der Waals surface area (Å²) in [5.41, 5.74) is 0. The van der Waals surface area contributed by atoms with Crippen LogP contribution in [0.15, 0.2) is 12.2 Å². The summed E-state index contributed by atoms with van der Waals surface area (Å²) in [5, 5.41) is 50.1. The third kappa shape index (κ3) is 26.7. The van der Waals surface area contributed by atoms with Gasteiger partial charge in [0.25, 0.3) is 0 Å². The minimum atomic E-state index is -5.01. The normalized spacial score (nSPS) is 23.3. The molecule has 0 aliphatic heterocycles. The van der Waals surface area contributed by atoms with Gasteiger partial charge in [-0.25, -0.2) is 4.57 Å². The van der Waals surface area contributed by atoms with Crippen LogP contribution in [0.4, 0.5) is 0 Å². The van der Waals surface area contributed by atoms with Crippen LogP contribution in [0.5, 0.6) is 0 Å². The number of carbonyl (C=O) groups is 1. The van der Waals surface area contributed by atoms with Crippen molar-refractivity contribution in [2.45, 2.75) is 230 Å². The summed E-state index contributed by atoms with van der Waals surface area (Å²) in [6.45, 7) is 4.23. The highest BCUT2D eigenvalue weighted by molar-refractivity contribution is 7.47.